The van der Waals surface area contributed by atoms with Gasteiger partial charge in [0.25, 0.3) is 0 Å². The molecule has 3 nitrogen and oxygen atoms in total. The molecule has 1 N–H and O–H groups in total. The Balaban J connectivity index is 1.65. The average molecular weight is 275 g/mol. The van der Waals surface area contributed by atoms with E-state index >= 15 is 0 Å². The molecule has 1 aromatic rings. The van der Waals surface area contributed by atoms with Crippen LogP contribution in [-0.2, 0) is 6.54 Å². The van der Waals surface area contributed by atoms with Gasteiger partial charge in [0.15, 0.2) is 11.5 Å². The lowest BCUT2D eigenvalue weighted by Crippen LogP contribution is -2.31. The summed E-state index contributed by atoms with van der Waals surface area (Å²) >= 11 is 0. The minimum absolute atomic E-state index is 0.583. The standard InChI is InChI=1S/C17H25NO2/c1-13(14-6-2-3-7-14)18-12-15-8-4-9-16-17(15)20-11-5-10-19-16/h4,8-9,13-14,18H,2-3,5-7,10-12H2,1H3/t13-/m0/s1. The van der Waals surface area contributed by atoms with Gasteiger partial charge >= 0.3 is 0 Å². The lowest BCUT2D eigenvalue weighted by molar-refractivity contribution is 0.295. The molecule has 3 heteroatoms. The van der Waals surface area contributed by atoms with Crippen molar-refractivity contribution in [2.45, 2.75) is 51.6 Å². The molecule has 1 aliphatic heterocycles. The molecule has 1 saturated carbocycles. The van der Waals surface area contributed by atoms with Crippen LogP contribution in [0.2, 0.25) is 0 Å². The number of ether oxygens (including phenoxy) is 2. The van der Waals surface area contributed by atoms with Crippen LogP contribution >= 0.6 is 0 Å². The van der Waals surface area contributed by atoms with Crippen LogP contribution in [0, 0.1) is 5.92 Å². The maximum absolute atomic E-state index is 5.87. The van der Waals surface area contributed by atoms with Crippen LogP contribution in [0.1, 0.15) is 44.6 Å². The number of fused-ring (bicyclic) bond motifs is 1. The zero-order valence-electron chi connectivity index (χ0n) is 12.4. The normalized spacial score (nSPS) is 20.6. The van der Waals surface area contributed by atoms with Gasteiger partial charge in [-0.1, -0.05) is 25.0 Å². The van der Waals surface area contributed by atoms with Gasteiger partial charge in [-0.25, -0.2) is 0 Å². The van der Waals surface area contributed by atoms with Crippen LogP contribution in [-0.4, -0.2) is 19.3 Å². The second-order valence-corrected chi connectivity index (χ2v) is 6.01. The van der Waals surface area contributed by atoms with Gasteiger partial charge in [0.2, 0.25) is 0 Å². The molecule has 110 valence electrons. The number of para-hydroxylation sites is 1. The molecule has 1 aliphatic carbocycles. The largest absolute Gasteiger partial charge is 0.490 e. The molecule has 2 aliphatic rings. The van der Waals surface area contributed by atoms with Gasteiger partial charge < -0.3 is 14.8 Å². The quantitative estimate of drug-likeness (QED) is 0.912. The van der Waals surface area contributed by atoms with E-state index in [1.165, 1.54) is 31.2 Å². The fourth-order valence-corrected chi connectivity index (χ4v) is 3.29. The molecule has 1 heterocycles. The Morgan fingerprint density at radius 3 is 2.80 bits per heavy atom. The summed E-state index contributed by atoms with van der Waals surface area (Å²) < 4.78 is 11.6. The van der Waals surface area contributed by atoms with Gasteiger partial charge in [0, 0.05) is 24.6 Å². The van der Waals surface area contributed by atoms with E-state index in [0.29, 0.717) is 6.04 Å². The highest BCUT2D eigenvalue weighted by atomic mass is 16.5. The number of hydrogen-bond acceptors (Lipinski definition) is 3. The zero-order chi connectivity index (χ0) is 13.8. The Kier molecular flexibility index (Phi) is 4.46. The van der Waals surface area contributed by atoms with Crippen LogP contribution in [0.5, 0.6) is 11.5 Å². The summed E-state index contributed by atoms with van der Waals surface area (Å²) in [5, 5.41) is 3.68. The van der Waals surface area contributed by atoms with E-state index in [-0.39, 0.29) is 0 Å². The van der Waals surface area contributed by atoms with Crippen molar-refractivity contribution < 1.29 is 9.47 Å². The molecular formula is C17H25NO2. The summed E-state index contributed by atoms with van der Waals surface area (Å²) in [5.41, 5.74) is 1.22. The van der Waals surface area contributed by atoms with Crippen LogP contribution in [0.4, 0.5) is 0 Å². The number of benzene rings is 1. The lowest BCUT2D eigenvalue weighted by atomic mass is 9.99. The van der Waals surface area contributed by atoms with Crippen molar-refractivity contribution in [3.8, 4) is 11.5 Å². The van der Waals surface area contributed by atoms with Crippen molar-refractivity contribution in [1.82, 2.24) is 5.32 Å². The zero-order valence-corrected chi connectivity index (χ0v) is 12.4. The molecule has 0 radical (unpaired) electrons. The van der Waals surface area contributed by atoms with Crippen LogP contribution < -0.4 is 14.8 Å². The molecule has 1 atom stereocenters. The Morgan fingerprint density at radius 1 is 1.15 bits per heavy atom. The van der Waals surface area contributed by atoms with E-state index in [0.717, 1.165) is 43.6 Å². The SMILES string of the molecule is C[C@H](NCc1cccc2c1OCCCO2)C1CCCC1. The van der Waals surface area contributed by atoms with Crippen molar-refractivity contribution in [3.05, 3.63) is 23.8 Å². The third-order valence-electron chi connectivity index (χ3n) is 4.57. The minimum Gasteiger partial charge on any atom is -0.490 e. The predicted molar refractivity (Wildman–Crippen MR) is 80.3 cm³/mol. The maximum Gasteiger partial charge on any atom is 0.165 e. The summed E-state index contributed by atoms with van der Waals surface area (Å²) in [5.74, 6) is 2.68. The molecule has 1 aromatic carbocycles. The van der Waals surface area contributed by atoms with E-state index < -0.39 is 0 Å². The van der Waals surface area contributed by atoms with Gasteiger partial charge in [-0.05, 0) is 31.7 Å². The Hall–Kier alpha value is -1.22. The molecule has 0 aromatic heterocycles. The summed E-state index contributed by atoms with van der Waals surface area (Å²) in [4.78, 5) is 0. The Labute approximate surface area is 121 Å². The molecule has 3 rings (SSSR count). The third kappa shape index (κ3) is 3.09. The molecule has 1 fully saturated rings. The number of rotatable bonds is 4. The average Bonchev–Trinajstić information content (AvgIpc) is 2.90. The fraction of sp³-hybridized carbons (Fsp3) is 0.647. The predicted octanol–water partition coefficient (Wildman–Crippen LogP) is 3.52. The second-order valence-electron chi connectivity index (χ2n) is 6.01. The van der Waals surface area contributed by atoms with Crippen molar-refractivity contribution in [2.75, 3.05) is 13.2 Å². The molecule has 0 unspecified atom stereocenters. The topological polar surface area (TPSA) is 30.5 Å². The Morgan fingerprint density at radius 2 is 1.95 bits per heavy atom. The van der Waals surface area contributed by atoms with Crippen LogP contribution in [0.25, 0.3) is 0 Å². The van der Waals surface area contributed by atoms with Crippen molar-refractivity contribution >= 4 is 0 Å². The van der Waals surface area contributed by atoms with Gasteiger partial charge in [-0.15, -0.1) is 0 Å². The van der Waals surface area contributed by atoms with Crippen molar-refractivity contribution in [2.24, 2.45) is 5.92 Å². The molecular weight excluding hydrogens is 250 g/mol. The highest BCUT2D eigenvalue weighted by Crippen LogP contribution is 2.33. The summed E-state index contributed by atoms with van der Waals surface area (Å²) in [6.45, 7) is 4.68. The highest BCUT2D eigenvalue weighted by molar-refractivity contribution is 5.47. The van der Waals surface area contributed by atoms with Gasteiger partial charge in [-0.2, -0.15) is 0 Å². The summed E-state index contributed by atoms with van der Waals surface area (Å²) in [6.07, 6.45) is 6.50. The molecule has 0 spiro atoms. The van der Waals surface area contributed by atoms with E-state index in [9.17, 15) is 0 Å². The number of hydrogen-bond donors (Lipinski definition) is 1. The molecule has 20 heavy (non-hydrogen) atoms. The van der Waals surface area contributed by atoms with E-state index in [2.05, 4.69) is 24.4 Å². The first-order chi connectivity index (χ1) is 9.84. The summed E-state index contributed by atoms with van der Waals surface area (Å²) in [7, 11) is 0. The second kappa shape index (κ2) is 6.49. The van der Waals surface area contributed by atoms with E-state index in [1.807, 2.05) is 6.07 Å². The van der Waals surface area contributed by atoms with Gasteiger partial charge in [-0.3, -0.25) is 0 Å². The van der Waals surface area contributed by atoms with Crippen molar-refractivity contribution in [1.29, 1.82) is 0 Å². The Bertz CT molecular complexity index is 441. The third-order valence-corrected chi connectivity index (χ3v) is 4.57. The van der Waals surface area contributed by atoms with Gasteiger partial charge in [0.05, 0.1) is 13.2 Å². The van der Waals surface area contributed by atoms with Crippen molar-refractivity contribution in [3.63, 3.8) is 0 Å². The fourth-order valence-electron chi connectivity index (χ4n) is 3.29. The smallest absolute Gasteiger partial charge is 0.165 e. The molecule has 0 saturated heterocycles. The highest BCUT2D eigenvalue weighted by Gasteiger charge is 2.22. The first-order valence-electron chi connectivity index (χ1n) is 7.95. The maximum atomic E-state index is 5.87. The first kappa shape index (κ1) is 13.7. The monoisotopic (exact) mass is 275 g/mol. The number of nitrogens with one attached hydrogen (secondary N) is 1. The van der Waals surface area contributed by atoms with E-state index in [4.69, 9.17) is 9.47 Å². The van der Waals surface area contributed by atoms with Crippen LogP contribution in [0.15, 0.2) is 18.2 Å². The molecule has 0 bridgehead atoms. The van der Waals surface area contributed by atoms with Crippen LogP contribution in [0.3, 0.4) is 0 Å². The van der Waals surface area contributed by atoms with Gasteiger partial charge in [0.1, 0.15) is 0 Å². The first-order valence-corrected chi connectivity index (χ1v) is 7.95. The summed E-state index contributed by atoms with van der Waals surface area (Å²) in [6, 6.07) is 6.79. The minimum atomic E-state index is 0.583. The van der Waals surface area contributed by atoms with E-state index in [1.54, 1.807) is 0 Å². The molecule has 0 amide bonds. The lowest BCUT2D eigenvalue weighted by Gasteiger charge is -2.21.